The zero-order valence-corrected chi connectivity index (χ0v) is 77.1. The molecule has 41 nitrogen and oxygen atoms in total. The first kappa shape index (κ1) is 90.8. The Morgan fingerprint density at radius 1 is 0.358 bits per heavy atom. The van der Waals surface area contributed by atoms with Crippen LogP contribution in [-0.4, -0.2) is 306 Å². The summed E-state index contributed by atoms with van der Waals surface area (Å²) in [6.45, 7) is 16.0. The molecule has 0 spiro atoms. The van der Waals surface area contributed by atoms with Crippen LogP contribution in [0.2, 0.25) is 0 Å². The molecule has 0 radical (unpaired) electrons. The standard InChI is InChI=1S/2C25H30N8O3.C24H27N7O3.C22H25N7O2/c2*1-26-20-13-19(30-33-21(14-28-24(20)33)25(35)29-18-4-5-22(18)34)17-15-32(23-16(17)3-2-6-27-23)8-7-31-9-11-36-12-10-31;1-25-19-11-18(29-31-20(12-27-23(19)31)24(33)28-17-4-5-21(17)32)16-13-30(14-6-9-34-10-7-14)22-15(16)3-2-8-26-22;1-12(2)28-11-14(13-5-4-8-24-20(13)28)16-9-17(23-3)21-25-10-18(29(21)27-16)22(31)26-15-6-7-19(15)30/h2*2-3,6,13-15,18,22,26,34H,4-5,7-12H2,1H3,(H,29,35);2-3,8,11-14,17,21,25,32H,4-7,9-10H2,1H3,(H,28,33);4-5,8-12,15,19,23,30H,6-7H2,1-3H3,(H,26,31)/t2*18-,22+;17-,21+;15-,19+/m1000/s1. The maximum absolute atomic E-state index is 13.0. The highest BCUT2D eigenvalue weighted by Crippen LogP contribution is 2.40. The quantitative estimate of drug-likeness (QED) is 0.0275. The zero-order chi connectivity index (χ0) is 94.2. The first-order chi connectivity index (χ1) is 66.8. The van der Waals surface area contributed by atoms with Crippen molar-refractivity contribution in [3.8, 4) is 45.0 Å². The molecule has 0 aromatic carbocycles. The highest BCUT2D eigenvalue weighted by molar-refractivity contribution is 6.01. The minimum Gasteiger partial charge on any atom is -0.391 e. The van der Waals surface area contributed by atoms with Gasteiger partial charge in [0.15, 0.2) is 45.4 Å². The van der Waals surface area contributed by atoms with Gasteiger partial charge in [0.05, 0.1) is 145 Å². The first-order valence-electron chi connectivity index (χ1n) is 47.1. The molecule has 8 atom stereocenters. The predicted molar refractivity (Wildman–Crippen MR) is 515 cm³/mol. The topological polar surface area (TPSA) is 472 Å². The lowest BCUT2D eigenvalue weighted by atomic mass is 9.89. The average Bonchev–Trinajstić information content (AvgIpc) is 1.62. The van der Waals surface area contributed by atoms with Gasteiger partial charge in [-0.1, -0.05) is 0 Å². The molecule has 0 bridgehead atoms. The number of anilines is 4. The van der Waals surface area contributed by atoms with Crippen LogP contribution in [0.4, 0.5) is 22.7 Å². The molecule has 0 unspecified atom stereocenters. The number of fused-ring (bicyclic) bond motifs is 8. The number of carbonyl (C=O) groups is 4. The van der Waals surface area contributed by atoms with Gasteiger partial charge in [-0.05, 0) is 151 Å². The van der Waals surface area contributed by atoms with Crippen LogP contribution >= 0.6 is 0 Å². The molecule has 7 aliphatic rings. The molecule has 16 aromatic heterocycles. The van der Waals surface area contributed by atoms with E-state index in [0.29, 0.717) is 94.2 Å². The van der Waals surface area contributed by atoms with Crippen molar-refractivity contribution in [1.29, 1.82) is 0 Å². The molecule has 3 aliphatic heterocycles. The summed E-state index contributed by atoms with van der Waals surface area (Å²) in [4.78, 5) is 92.9. The van der Waals surface area contributed by atoms with Gasteiger partial charge in [-0.2, -0.15) is 20.4 Å². The Kier molecular flexibility index (Phi) is 26.1. The van der Waals surface area contributed by atoms with Crippen molar-refractivity contribution < 1.29 is 53.8 Å². The molecule has 137 heavy (non-hydrogen) atoms. The van der Waals surface area contributed by atoms with Gasteiger partial charge in [-0.3, -0.25) is 29.0 Å². The second-order valence-electron chi connectivity index (χ2n) is 35.9. The van der Waals surface area contributed by atoms with Gasteiger partial charge in [-0.15, -0.1) is 0 Å². The van der Waals surface area contributed by atoms with Crippen molar-refractivity contribution in [1.82, 2.24) is 128 Å². The predicted octanol–water partition coefficient (Wildman–Crippen LogP) is 7.76. The number of aromatic nitrogens is 20. The Morgan fingerprint density at radius 3 is 0.971 bits per heavy atom. The Bertz CT molecular complexity index is 6940. The number of ether oxygens (including phenoxy) is 3. The summed E-state index contributed by atoms with van der Waals surface area (Å²) in [5.41, 5.74) is 16.9. The SMILES string of the molecule is CNc1cc(-c2cn(C(C)C)c3ncccc23)nn2c(C(=O)N[C@H]3CC[C@H]3O)cnc12.CNc1cc(-c2cn(C3CCOCC3)c3ncccc23)nn2c(C(=O)N[C@H]3CC[C@H]3O)cnc12.CNc1cc(-c2cn(CCN3CCOCC3)c3ncccc23)nn2c(C(=O)N[C@@H]3CC[C@@H]3O)cnc12.CNc1cc(-c2cn(CCN3CCOCC3)c3ncccc23)nn2c(C(=O)N[C@H]3CC[C@H]3O)cnc12. The molecule has 4 amide bonds. The van der Waals surface area contributed by atoms with Gasteiger partial charge in [0, 0.05) is 199 Å². The molecule has 23 rings (SSSR count). The third-order valence-corrected chi connectivity index (χ3v) is 27.3. The highest BCUT2D eigenvalue weighted by Gasteiger charge is 2.37. The van der Waals surface area contributed by atoms with Gasteiger partial charge in [0.1, 0.15) is 22.6 Å². The summed E-state index contributed by atoms with van der Waals surface area (Å²) in [6.07, 6.45) is 27.4. The molecule has 19 heterocycles. The van der Waals surface area contributed by atoms with E-state index in [9.17, 15) is 39.6 Å². The maximum atomic E-state index is 13.0. The van der Waals surface area contributed by atoms with Crippen molar-refractivity contribution >= 4 is 113 Å². The third kappa shape index (κ3) is 18.0. The van der Waals surface area contributed by atoms with Crippen molar-refractivity contribution in [3.05, 3.63) is 170 Å². The number of hydrogen-bond acceptors (Lipinski definition) is 29. The van der Waals surface area contributed by atoms with E-state index in [1.165, 1.54) is 24.8 Å². The number of pyridine rings is 4. The van der Waals surface area contributed by atoms with Crippen LogP contribution in [0, 0.1) is 0 Å². The molecule has 3 saturated heterocycles. The fourth-order valence-electron chi connectivity index (χ4n) is 18.7. The van der Waals surface area contributed by atoms with Crippen molar-refractivity contribution in [2.75, 3.05) is 128 Å². The molecule has 7 fully saturated rings. The molecule has 12 N–H and O–H groups in total. The van der Waals surface area contributed by atoms with Crippen molar-refractivity contribution in [2.45, 2.75) is 152 Å². The van der Waals surface area contributed by atoms with Gasteiger partial charge in [0.2, 0.25) is 0 Å². The second-order valence-corrected chi connectivity index (χ2v) is 35.9. The number of imidazole rings is 4. The van der Waals surface area contributed by atoms with Gasteiger partial charge >= 0.3 is 0 Å². The number of aliphatic hydroxyl groups is 4. The van der Waals surface area contributed by atoms with E-state index in [-0.39, 0.29) is 53.8 Å². The molecule has 712 valence electrons. The van der Waals surface area contributed by atoms with E-state index in [1.54, 1.807) is 36.7 Å². The van der Waals surface area contributed by atoms with E-state index in [4.69, 9.17) is 34.6 Å². The van der Waals surface area contributed by atoms with Crippen molar-refractivity contribution in [2.24, 2.45) is 0 Å². The minimum absolute atomic E-state index is 0.222. The number of morpholine rings is 2. The number of nitrogens with zero attached hydrogens (tertiary/aromatic N) is 22. The Morgan fingerprint density at radius 2 is 0.657 bits per heavy atom. The monoisotopic (exact) mass is 1860 g/mol. The Balaban J connectivity index is 0.000000113. The lowest BCUT2D eigenvalue weighted by molar-refractivity contribution is 0.0365. The van der Waals surface area contributed by atoms with E-state index in [0.717, 1.165) is 225 Å². The largest absolute Gasteiger partial charge is 0.391 e. The smallest absolute Gasteiger partial charge is 0.271 e. The molecule has 4 aliphatic carbocycles. The van der Waals surface area contributed by atoms with Crippen LogP contribution in [0.25, 0.3) is 112 Å². The molecule has 4 saturated carbocycles. The summed E-state index contributed by atoms with van der Waals surface area (Å²) in [6, 6.07) is 23.3. The van der Waals surface area contributed by atoms with Gasteiger partial charge < -0.3 is 95.4 Å². The van der Waals surface area contributed by atoms with Crippen LogP contribution in [0.3, 0.4) is 0 Å². The molecule has 16 aromatic rings. The number of carbonyl (C=O) groups excluding carboxylic acids is 4. The highest BCUT2D eigenvalue weighted by atomic mass is 16.5. The van der Waals surface area contributed by atoms with Crippen LogP contribution in [0.1, 0.15) is 132 Å². The van der Waals surface area contributed by atoms with E-state index >= 15 is 0 Å². The Labute approximate surface area is 785 Å². The summed E-state index contributed by atoms with van der Waals surface area (Å²) >= 11 is 0. The molecule has 41 heteroatoms. The van der Waals surface area contributed by atoms with E-state index in [2.05, 4.69) is 155 Å². The fourth-order valence-corrected chi connectivity index (χ4v) is 18.7. The summed E-state index contributed by atoms with van der Waals surface area (Å²) in [5.74, 6) is -1.19. The Hall–Kier alpha value is -14.0. The first-order valence-corrected chi connectivity index (χ1v) is 47.1. The van der Waals surface area contributed by atoms with E-state index < -0.39 is 24.4 Å². The number of amides is 4. The zero-order valence-electron chi connectivity index (χ0n) is 77.1. The van der Waals surface area contributed by atoms with Crippen LogP contribution in [0.5, 0.6) is 0 Å². The molecular formula is C96H112N30O11. The molecular weight excluding hydrogens is 1750 g/mol. The number of hydrogen-bond donors (Lipinski definition) is 12. The number of rotatable bonds is 24. The van der Waals surface area contributed by atoms with Gasteiger partial charge in [0.25, 0.3) is 23.6 Å². The van der Waals surface area contributed by atoms with E-state index in [1.807, 2.05) is 101 Å². The summed E-state index contributed by atoms with van der Waals surface area (Å²) in [7, 11) is 7.29. The number of nitrogens with one attached hydrogen (secondary N) is 8. The van der Waals surface area contributed by atoms with Gasteiger partial charge in [-0.25, -0.2) is 57.9 Å². The number of aliphatic hydroxyl groups excluding tert-OH is 4. The summed E-state index contributed by atoms with van der Waals surface area (Å²) < 4.78 is 31.5. The lowest BCUT2D eigenvalue weighted by Gasteiger charge is -2.32. The minimum atomic E-state index is -0.499. The average molecular weight is 1860 g/mol. The van der Waals surface area contributed by atoms with Crippen molar-refractivity contribution in [3.63, 3.8) is 0 Å². The maximum Gasteiger partial charge on any atom is 0.271 e. The lowest BCUT2D eigenvalue weighted by Crippen LogP contribution is -2.50. The van der Waals surface area contributed by atoms with Crippen LogP contribution < -0.4 is 42.5 Å². The van der Waals surface area contributed by atoms with Crippen LogP contribution in [-0.2, 0) is 27.3 Å². The normalized spacial score (nSPS) is 20.2. The fraction of sp³-hybridized carbons (Fsp3) is 0.417. The second kappa shape index (κ2) is 39.3. The summed E-state index contributed by atoms with van der Waals surface area (Å²) in [5, 5.41) is 87.1. The third-order valence-electron chi connectivity index (χ3n) is 27.3. The van der Waals surface area contributed by atoms with Crippen LogP contribution in [0.15, 0.2) is 147 Å².